The fourth-order valence-electron chi connectivity index (χ4n) is 2.98. The summed E-state index contributed by atoms with van der Waals surface area (Å²) in [4.78, 5) is 26.6. The highest BCUT2D eigenvalue weighted by Gasteiger charge is 2.36. The minimum Gasteiger partial charge on any atom is -0.507 e. The number of phenolic OH excluding ortho intramolecular Hbond substituents is 1. The van der Waals surface area contributed by atoms with Crippen LogP contribution in [0.15, 0.2) is 75.8 Å². The van der Waals surface area contributed by atoms with Gasteiger partial charge in [-0.3, -0.25) is 14.5 Å². The van der Waals surface area contributed by atoms with Gasteiger partial charge in [-0.25, -0.2) is 0 Å². The van der Waals surface area contributed by atoms with E-state index in [9.17, 15) is 14.7 Å². The normalized spacial score (nSPS) is 15.2. The Morgan fingerprint density at radius 3 is 2.33 bits per heavy atom. The molecule has 0 saturated carbocycles. The van der Waals surface area contributed by atoms with Crippen LogP contribution in [0, 0.1) is 0 Å². The Kier molecular flexibility index (Phi) is 7.05. The maximum absolute atomic E-state index is 12.9. The summed E-state index contributed by atoms with van der Waals surface area (Å²) in [5.41, 5.74) is 1.72. The number of halogens is 3. The molecule has 0 aromatic heterocycles. The molecule has 6 nitrogen and oxygen atoms in total. The number of aromatic hydroxyl groups is 1. The van der Waals surface area contributed by atoms with E-state index in [1.54, 1.807) is 54.6 Å². The van der Waals surface area contributed by atoms with Gasteiger partial charge in [-0.15, -0.1) is 5.11 Å². The Morgan fingerprint density at radius 1 is 0.909 bits per heavy atom. The summed E-state index contributed by atoms with van der Waals surface area (Å²) in [6, 6.07) is 16.5. The minimum absolute atomic E-state index is 0.0570. The second-order valence-corrected chi connectivity index (χ2v) is 9.08. The summed E-state index contributed by atoms with van der Waals surface area (Å²) in [6.45, 7) is -0.0570. The minimum atomic E-state index is -0.511. The van der Waals surface area contributed by atoms with E-state index in [0.717, 1.165) is 16.7 Å². The standard InChI is InChI=1S/C23H14Cl3N3O3S/c24-16-5-3-6-17(25)15(16)12-29-22(31)21(33-23(29)32)11-13-10-14(8-9-20(13)30)27-28-19-7-2-1-4-18(19)26/h1-11,30H,12H2/b21-11-,28-27?. The number of hydrogen-bond donors (Lipinski definition) is 1. The van der Waals surface area contributed by atoms with E-state index >= 15 is 0 Å². The Hall–Kier alpha value is -2.84. The highest BCUT2D eigenvalue weighted by Crippen LogP contribution is 2.37. The lowest BCUT2D eigenvalue weighted by molar-refractivity contribution is -0.123. The Morgan fingerprint density at radius 2 is 1.61 bits per heavy atom. The first kappa shape index (κ1) is 23.3. The molecule has 2 amide bonds. The summed E-state index contributed by atoms with van der Waals surface area (Å²) >= 11 is 19.2. The van der Waals surface area contributed by atoms with Crippen LogP contribution in [0.2, 0.25) is 15.1 Å². The maximum atomic E-state index is 12.9. The van der Waals surface area contributed by atoms with E-state index < -0.39 is 11.1 Å². The smallest absolute Gasteiger partial charge is 0.293 e. The van der Waals surface area contributed by atoms with Crippen molar-refractivity contribution in [2.24, 2.45) is 10.2 Å². The first-order valence-electron chi connectivity index (χ1n) is 9.51. The van der Waals surface area contributed by atoms with E-state index in [2.05, 4.69) is 10.2 Å². The van der Waals surface area contributed by atoms with Gasteiger partial charge in [-0.2, -0.15) is 5.11 Å². The van der Waals surface area contributed by atoms with Crippen molar-refractivity contribution in [1.29, 1.82) is 0 Å². The van der Waals surface area contributed by atoms with Crippen LogP contribution in [0.5, 0.6) is 5.75 Å². The molecule has 0 radical (unpaired) electrons. The second-order valence-electron chi connectivity index (χ2n) is 6.86. The van der Waals surface area contributed by atoms with Gasteiger partial charge in [0.15, 0.2) is 0 Å². The molecular weight excluding hydrogens is 505 g/mol. The van der Waals surface area contributed by atoms with Crippen LogP contribution in [0.25, 0.3) is 6.08 Å². The van der Waals surface area contributed by atoms with E-state index in [4.69, 9.17) is 34.8 Å². The van der Waals surface area contributed by atoms with Crippen molar-refractivity contribution in [1.82, 2.24) is 4.90 Å². The van der Waals surface area contributed by atoms with Crippen molar-refractivity contribution in [3.8, 4) is 5.75 Å². The van der Waals surface area contributed by atoms with Crippen LogP contribution in [0.3, 0.4) is 0 Å². The Bertz CT molecular complexity index is 1310. The fourth-order valence-corrected chi connectivity index (χ4v) is 4.50. The molecule has 3 aromatic carbocycles. The Balaban J connectivity index is 1.59. The van der Waals surface area contributed by atoms with Crippen LogP contribution >= 0.6 is 46.6 Å². The highest BCUT2D eigenvalue weighted by atomic mass is 35.5. The number of azo groups is 1. The SMILES string of the molecule is O=C1S/C(=C\c2cc(N=Nc3ccccc3Cl)ccc2O)C(=O)N1Cc1c(Cl)cccc1Cl. The summed E-state index contributed by atoms with van der Waals surface area (Å²) in [5, 5.41) is 19.2. The van der Waals surface area contributed by atoms with Crippen molar-refractivity contribution >= 4 is 75.2 Å². The number of thioether (sulfide) groups is 1. The third kappa shape index (κ3) is 5.23. The molecule has 0 bridgehead atoms. The van der Waals surface area contributed by atoms with Gasteiger partial charge < -0.3 is 5.11 Å². The van der Waals surface area contributed by atoms with Gasteiger partial charge in [0.2, 0.25) is 0 Å². The third-order valence-corrected chi connectivity index (χ3v) is 6.61. The highest BCUT2D eigenvalue weighted by molar-refractivity contribution is 8.18. The quantitative estimate of drug-likeness (QED) is 0.274. The van der Waals surface area contributed by atoms with Crippen molar-refractivity contribution in [2.75, 3.05) is 0 Å². The zero-order chi connectivity index (χ0) is 23.5. The summed E-state index contributed by atoms with van der Waals surface area (Å²) in [6.07, 6.45) is 1.43. The lowest BCUT2D eigenvalue weighted by atomic mass is 10.1. The predicted molar refractivity (Wildman–Crippen MR) is 132 cm³/mol. The van der Waals surface area contributed by atoms with E-state index in [1.807, 2.05) is 0 Å². The molecule has 1 heterocycles. The molecule has 1 N–H and O–H groups in total. The number of benzene rings is 3. The van der Waals surface area contributed by atoms with Gasteiger partial charge in [-0.1, -0.05) is 53.0 Å². The van der Waals surface area contributed by atoms with Gasteiger partial charge in [0, 0.05) is 21.2 Å². The third-order valence-electron chi connectivity index (χ3n) is 4.67. The van der Waals surface area contributed by atoms with Gasteiger partial charge in [0.1, 0.15) is 11.4 Å². The molecule has 3 aromatic rings. The lowest BCUT2D eigenvalue weighted by Crippen LogP contribution is -2.27. The van der Waals surface area contributed by atoms with Crippen molar-refractivity contribution in [3.63, 3.8) is 0 Å². The van der Waals surface area contributed by atoms with Crippen LogP contribution < -0.4 is 0 Å². The molecule has 1 fully saturated rings. The average molecular weight is 519 g/mol. The van der Waals surface area contributed by atoms with Crippen molar-refractivity contribution < 1.29 is 14.7 Å². The largest absolute Gasteiger partial charge is 0.507 e. The van der Waals surface area contributed by atoms with Crippen molar-refractivity contribution in [2.45, 2.75) is 6.54 Å². The van der Waals surface area contributed by atoms with E-state index in [-0.39, 0.29) is 17.2 Å². The molecule has 0 atom stereocenters. The zero-order valence-corrected chi connectivity index (χ0v) is 19.8. The molecule has 1 aliphatic rings. The number of hydrogen-bond acceptors (Lipinski definition) is 6. The number of phenols is 1. The van der Waals surface area contributed by atoms with Gasteiger partial charge >= 0.3 is 0 Å². The van der Waals surface area contributed by atoms with Crippen molar-refractivity contribution in [3.05, 3.63) is 91.8 Å². The van der Waals surface area contributed by atoms with E-state index in [0.29, 0.717) is 37.6 Å². The van der Waals surface area contributed by atoms with Crippen LogP contribution in [-0.4, -0.2) is 21.2 Å². The first-order chi connectivity index (χ1) is 15.8. The van der Waals surface area contributed by atoms with Gasteiger partial charge in [0.05, 0.1) is 22.2 Å². The van der Waals surface area contributed by atoms with Gasteiger partial charge in [-0.05, 0) is 60.3 Å². The number of carbonyl (C=O) groups excluding carboxylic acids is 2. The number of imide groups is 1. The summed E-state index contributed by atoms with van der Waals surface area (Å²) in [7, 11) is 0. The molecule has 4 rings (SSSR count). The molecule has 33 heavy (non-hydrogen) atoms. The van der Waals surface area contributed by atoms with Crippen LogP contribution in [0.4, 0.5) is 16.2 Å². The van der Waals surface area contributed by atoms with Gasteiger partial charge in [0.25, 0.3) is 11.1 Å². The molecule has 1 saturated heterocycles. The van der Waals surface area contributed by atoms with Crippen LogP contribution in [0.1, 0.15) is 11.1 Å². The monoisotopic (exact) mass is 517 g/mol. The summed E-state index contributed by atoms with van der Waals surface area (Å²) in [5.74, 6) is -0.587. The molecule has 166 valence electrons. The topological polar surface area (TPSA) is 82.3 Å². The number of rotatable bonds is 5. The number of amides is 2. The number of nitrogens with zero attached hydrogens (tertiary/aromatic N) is 3. The predicted octanol–water partition coefficient (Wildman–Crippen LogP) is 8.00. The number of carbonyl (C=O) groups is 2. The Labute approximate surface area is 208 Å². The maximum Gasteiger partial charge on any atom is 0.293 e. The second kappa shape index (κ2) is 9.97. The zero-order valence-electron chi connectivity index (χ0n) is 16.7. The molecule has 0 spiro atoms. The summed E-state index contributed by atoms with van der Waals surface area (Å²) < 4.78 is 0. The molecule has 0 aliphatic carbocycles. The fraction of sp³-hybridized carbons (Fsp3) is 0.0435. The molecule has 0 unspecified atom stereocenters. The molecule has 10 heteroatoms. The lowest BCUT2D eigenvalue weighted by Gasteiger charge is -2.14. The first-order valence-corrected chi connectivity index (χ1v) is 11.5. The average Bonchev–Trinajstić information content (AvgIpc) is 3.05. The molecular formula is C23H14Cl3N3O3S. The van der Waals surface area contributed by atoms with E-state index in [1.165, 1.54) is 12.1 Å². The van der Waals surface area contributed by atoms with Crippen LogP contribution in [-0.2, 0) is 11.3 Å². The molecule has 1 aliphatic heterocycles.